The summed E-state index contributed by atoms with van der Waals surface area (Å²) in [5, 5.41) is 6.54. The van der Waals surface area contributed by atoms with Crippen molar-refractivity contribution in [2.24, 2.45) is 0 Å². The van der Waals surface area contributed by atoms with Crippen molar-refractivity contribution in [1.29, 1.82) is 0 Å². The Kier molecular flexibility index (Phi) is 4.81. The molecule has 2 N–H and O–H groups in total. The summed E-state index contributed by atoms with van der Waals surface area (Å²) in [4.78, 5) is 11.8. The third kappa shape index (κ3) is 4.20. The summed E-state index contributed by atoms with van der Waals surface area (Å²) >= 11 is 0. The van der Waals surface area contributed by atoms with Crippen LogP contribution in [0.25, 0.3) is 0 Å². The first kappa shape index (κ1) is 15.3. The molecule has 9 nitrogen and oxygen atoms in total. The molecule has 0 aliphatic carbocycles. The van der Waals surface area contributed by atoms with E-state index in [-0.39, 0.29) is 17.3 Å². The molecule has 0 saturated carbocycles. The minimum absolute atomic E-state index is 0.0271. The highest BCUT2D eigenvalue weighted by Crippen LogP contribution is 2.08. The largest absolute Gasteiger partial charge is 0.354 e. The predicted octanol–water partition coefficient (Wildman–Crippen LogP) is 0.468. The van der Waals surface area contributed by atoms with Crippen LogP contribution in [0.5, 0.6) is 0 Å². The average Bonchev–Trinajstić information content (AvgIpc) is 2.89. The first-order valence-electron chi connectivity index (χ1n) is 6.36. The molecular weight excluding hydrogens is 296 g/mol. The molecule has 0 atom stereocenters. The smallest absolute Gasteiger partial charge is 0.244 e. The van der Waals surface area contributed by atoms with Gasteiger partial charge in [-0.15, -0.1) is 0 Å². The second-order valence-electron chi connectivity index (χ2n) is 4.23. The lowest BCUT2D eigenvalue weighted by Gasteiger charge is -2.05. The van der Waals surface area contributed by atoms with Crippen LogP contribution in [0, 0.1) is 6.92 Å². The van der Waals surface area contributed by atoms with Gasteiger partial charge in [0.2, 0.25) is 21.9 Å². The molecule has 2 rings (SSSR count). The van der Waals surface area contributed by atoms with E-state index in [1.165, 1.54) is 12.4 Å². The molecule has 0 bridgehead atoms. The Labute approximate surface area is 122 Å². The van der Waals surface area contributed by atoms with Crippen molar-refractivity contribution in [3.05, 3.63) is 24.1 Å². The van der Waals surface area contributed by atoms with Gasteiger partial charge < -0.3 is 9.84 Å². The Hall–Kier alpha value is -2.07. The number of sulfonamides is 1. The van der Waals surface area contributed by atoms with Crippen molar-refractivity contribution in [1.82, 2.24) is 24.8 Å². The zero-order valence-electron chi connectivity index (χ0n) is 11.7. The van der Waals surface area contributed by atoms with E-state index in [1.54, 1.807) is 6.92 Å². The summed E-state index contributed by atoms with van der Waals surface area (Å²) in [6.45, 7) is 4.30. The molecule has 0 amide bonds. The summed E-state index contributed by atoms with van der Waals surface area (Å²) < 4.78 is 31.2. The van der Waals surface area contributed by atoms with Gasteiger partial charge >= 0.3 is 0 Å². The van der Waals surface area contributed by atoms with E-state index in [9.17, 15) is 8.42 Å². The van der Waals surface area contributed by atoms with Crippen LogP contribution in [0.15, 0.2) is 21.8 Å². The Bertz CT molecular complexity index is 682. The van der Waals surface area contributed by atoms with Gasteiger partial charge in [-0.25, -0.2) is 23.1 Å². The number of hydrogen-bond acceptors (Lipinski definition) is 8. The van der Waals surface area contributed by atoms with E-state index in [1.807, 2.05) is 6.92 Å². The van der Waals surface area contributed by atoms with Crippen LogP contribution in [-0.4, -0.2) is 35.1 Å². The first-order valence-corrected chi connectivity index (χ1v) is 7.84. The normalized spacial score (nSPS) is 11.5. The number of nitrogens with one attached hydrogen (secondary N) is 2. The van der Waals surface area contributed by atoms with Crippen LogP contribution < -0.4 is 10.0 Å². The third-order valence-corrected chi connectivity index (χ3v) is 3.81. The average molecular weight is 312 g/mol. The maximum absolute atomic E-state index is 12.0. The lowest BCUT2D eigenvalue weighted by molar-refractivity contribution is 0.372. The van der Waals surface area contributed by atoms with E-state index in [4.69, 9.17) is 4.52 Å². The van der Waals surface area contributed by atoms with Crippen LogP contribution >= 0.6 is 0 Å². The number of rotatable bonds is 7. The minimum Gasteiger partial charge on any atom is -0.354 e. The molecular formula is C11H16N6O3S. The van der Waals surface area contributed by atoms with Gasteiger partial charge in [-0.1, -0.05) is 12.1 Å². The van der Waals surface area contributed by atoms with Crippen molar-refractivity contribution in [2.45, 2.75) is 31.7 Å². The molecule has 0 fully saturated rings. The van der Waals surface area contributed by atoms with E-state index in [2.05, 4.69) is 30.1 Å². The Balaban J connectivity index is 2.01. The molecule has 2 aromatic heterocycles. The highest BCUT2D eigenvalue weighted by atomic mass is 32.2. The van der Waals surface area contributed by atoms with Crippen molar-refractivity contribution in [2.75, 3.05) is 11.9 Å². The fraction of sp³-hybridized carbons (Fsp3) is 0.455. The second-order valence-corrected chi connectivity index (χ2v) is 6.00. The molecule has 0 aliphatic heterocycles. The van der Waals surface area contributed by atoms with Crippen LogP contribution in [0.1, 0.15) is 25.1 Å². The molecule has 0 spiro atoms. The van der Waals surface area contributed by atoms with E-state index >= 15 is 0 Å². The summed E-state index contributed by atoms with van der Waals surface area (Å²) in [5.74, 6) is 1.03. The summed E-state index contributed by atoms with van der Waals surface area (Å²) in [6.07, 6.45) is 3.41. The SMILES string of the molecule is CCCNc1ncc(S(=O)(=O)NCc2nc(C)no2)cn1. The van der Waals surface area contributed by atoms with Crippen molar-refractivity contribution >= 4 is 16.0 Å². The first-order chi connectivity index (χ1) is 10.0. The van der Waals surface area contributed by atoms with Gasteiger partial charge in [-0.2, -0.15) is 4.98 Å². The molecule has 0 unspecified atom stereocenters. The standard InChI is InChI=1S/C11H16N6O3S/c1-3-4-12-11-13-5-9(6-14-11)21(18,19)15-7-10-16-8(2)17-20-10/h5-6,15H,3-4,7H2,1-2H3,(H,12,13,14). The lowest BCUT2D eigenvalue weighted by atomic mass is 10.5. The highest BCUT2D eigenvalue weighted by Gasteiger charge is 2.16. The lowest BCUT2D eigenvalue weighted by Crippen LogP contribution is -2.24. The van der Waals surface area contributed by atoms with E-state index < -0.39 is 10.0 Å². The van der Waals surface area contributed by atoms with Crippen LogP contribution in [0.2, 0.25) is 0 Å². The number of nitrogens with zero attached hydrogens (tertiary/aromatic N) is 4. The minimum atomic E-state index is -3.72. The van der Waals surface area contributed by atoms with Gasteiger partial charge in [0, 0.05) is 6.54 Å². The van der Waals surface area contributed by atoms with E-state index in [0.717, 1.165) is 13.0 Å². The molecule has 0 saturated heterocycles. The fourth-order valence-electron chi connectivity index (χ4n) is 1.43. The van der Waals surface area contributed by atoms with Crippen LogP contribution in [0.3, 0.4) is 0 Å². The van der Waals surface area contributed by atoms with Gasteiger partial charge in [0.25, 0.3) is 0 Å². The number of hydrogen-bond donors (Lipinski definition) is 2. The predicted molar refractivity (Wildman–Crippen MR) is 73.9 cm³/mol. The molecule has 21 heavy (non-hydrogen) atoms. The van der Waals surface area contributed by atoms with Crippen LogP contribution in [0.4, 0.5) is 5.95 Å². The van der Waals surface area contributed by atoms with Crippen molar-refractivity contribution in [3.63, 3.8) is 0 Å². The molecule has 0 aliphatic rings. The summed E-state index contributed by atoms with van der Waals surface area (Å²) in [6, 6.07) is 0. The number of aromatic nitrogens is 4. The molecule has 0 radical (unpaired) electrons. The molecule has 0 aromatic carbocycles. The molecule has 2 aromatic rings. The Morgan fingerprint density at radius 3 is 2.57 bits per heavy atom. The quantitative estimate of drug-likeness (QED) is 0.756. The second kappa shape index (κ2) is 6.59. The third-order valence-electron chi connectivity index (χ3n) is 2.45. The summed E-state index contributed by atoms with van der Waals surface area (Å²) in [7, 11) is -3.72. The van der Waals surface area contributed by atoms with Gasteiger partial charge in [0.1, 0.15) is 4.90 Å². The van der Waals surface area contributed by atoms with Gasteiger partial charge in [-0.3, -0.25) is 0 Å². The number of anilines is 1. The van der Waals surface area contributed by atoms with E-state index in [0.29, 0.717) is 11.8 Å². The van der Waals surface area contributed by atoms with Gasteiger partial charge in [0.15, 0.2) is 5.82 Å². The number of aryl methyl sites for hydroxylation is 1. The van der Waals surface area contributed by atoms with Crippen LogP contribution in [-0.2, 0) is 16.6 Å². The maximum atomic E-state index is 12.0. The summed E-state index contributed by atoms with van der Waals surface area (Å²) in [5.41, 5.74) is 0. The monoisotopic (exact) mass is 312 g/mol. The maximum Gasteiger partial charge on any atom is 0.244 e. The molecule has 114 valence electrons. The zero-order chi connectivity index (χ0) is 15.3. The fourth-order valence-corrected chi connectivity index (χ4v) is 2.30. The van der Waals surface area contributed by atoms with Gasteiger partial charge in [-0.05, 0) is 13.3 Å². The van der Waals surface area contributed by atoms with Gasteiger partial charge in [0.05, 0.1) is 18.9 Å². The zero-order valence-corrected chi connectivity index (χ0v) is 12.5. The van der Waals surface area contributed by atoms with Crippen molar-refractivity contribution in [3.8, 4) is 0 Å². The Morgan fingerprint density at radius 1 is 1.29 bits per heavy atom. The highest BCUT2D eigenvalue weighted by molar-refractivity contribution is 7.89. The molecule has 10 heteroatoms. The van der Waals surface area contributed by atoms with Crippen molar-refractivity contribution < 1.29 is 12.9 Å². The molecule has 2 heterocycles. The Morgan fingerprint density at radius 2 is 2.00 bits per heavy atom. The topological polar surface area (TPSA) is 123 Å².